The van der Waals surface area contributed by atoms with E-state index >= 15 is 0 Å². The summed E-state index contributed by atoms with van der Waals surface area (Å²) in [7, 11) is 0. The number of piperidine rings is 1. The molecule has 96 valence electrons. The fourth-order valence-corrected chi connectivity index (χ4v) is 2.73. The summed E-state index contributed by atoms with van der Waals surface area (Å²) in [5.41, 5.74) is 6.23. The predicted molar refractivity (Wildman–Crippen MR) is 71.4 cm³/mol. The Hall–Kier alpha value is -0.0800. The minimum atomic E-state index is 0.481. The van der Waals surface area contributed by atoms with Gasteiger partial charge in [-0.25, -0.2) is 0 Å². The van der Waals surface area contributed by atoms with Gasteiger partial charge >= 0.3 is 0 Å². The van der Waals surface area contributed by atoms with Crippen LogP contribution in [-0.4, -0.2) is 30.6 Å². The van der Waals surface area contributed by atoms with Gasteiger partial charge < -0.3 is 10.6 Å². The molecule has 0 aromatic rings. The lowest BCUT2D eigenvalue weighted by atomic mass is 9.75. The van der Waals surface area contributed by atoms with Crippen molar-refractivity contribution in [3.8, 4) is 0 Å². The first-order valence-corrected chi connectivity index (χ1v) is 6.80. The molecule has 0 spiro atoms. The highest BCUT2D eigenvalue weighted by Gasteiger charge is 2.31. The maximum absolute atomic E-state index is 5.75. The van der Waals surface area contributed by atoms with Crippen molar-refractivity contribution in [3.05, 3.63) is 0 Å². The van der Waals surface area contributed by atoms with E-state index in [9.17, 15) is 0 Å². The number of hydrogen-bond acceptors (Lipinski definition) is 2. The van der Waals surface area contributed by atoms with E-state index in [2.05, 4.69) is 39.5 Å². The van der Waals surface area contributed by atoms with Gasteiger partial charge in [0, 0.05) is 6.04 Å². The van der Waals surface area contributed by atoms with E-state index in [0.717, 1.165) is 12.5 Å². The summed E-state index contributed by atoms with van der Waals surface area (Å²) in [6.45, 7) is 15.0. The minimum Gasteiger partial charge on any atom is -0.330 e. The van der Waals surface area contributed by atoms with E-state index in [0.29, 0.717) is 17.4 Å². The summed E-state index contributed by atoms with van der Waals surface area (Å²) in [4.78, 5) is 2.62. The van der Waals surface area contributed by atoms with Gasteiger partial charge in [-0.15, -0.1) is 0 Å². The van der Waals surface area contributed by atoms with Gasteiger partial charge in [-0.1, -0.05) is 27.7 Å². The second kappa shape index (κ2) is 5.50. The van der Waals surface area contributed by atoms with Gasteiger partial charge in [0.05, 0.1) is 0 Å². The van der Waals surface area contributed by atoms with Crippen molar-refractivity contribution < 1.29 is 0 Å². The molecule has 1 fully saturated rings. The SMILES string of the molecule is CC(CN)C(C)N1CCC(C(C)(C)C)CC1. The summed E-state index contributed by atoms with van der Waals surface area (Å²) in [6.07, 6.45) is 2.70. The highest BCUT2D eigenvalue weighted by atomic mass is 15.2. The molecule has 0 aliphatic carbocycles. The monoisotopic (exact) mass is 226 g/mol. The molecule has 0 aromatic carbocycles. The average molecular weight is 226 g/mol. The van der Waals surface area contributed by atoms with Crippen LogP contribution in [0.25, 0.3) is 0 Å². The quantitative estimate of drug-likeness (QED) is 0.802. The highest BCUT2D eigenvalue weighted by molar-refractivity contribution is 4.84. The Morgan fingerprint density at radius 3 is 2.06 bits per heavy atom. The third-order valence-electron chi connectivity index (χ3n) is 4.53. The third kappa shape index (κ3) is 3.46. The molecule has 0 bridgehead atoms. The zero-order chi connectivity index (χ0) is 12.3. The molecule has 1 saturated heterocycles. The van der Waals surface area contributed by atoms with Crippen molar-refractivity contribution in [2.45, 2.75) is 53.5 Å². The van der Waals surface area contributed by atoms with Crippen molar-refractivity contribution in [3.63, 3.8) is 0 Å². The molecule has 2 heteroatoms. The first kappa shape index (κ1) is 14.0. The van der Waals surface area contributed by atoms with Crippen LogP contribution in [-0.2, 0) is 0 Å². The highest BCUT2D eigenvalue weighted by Crippen LogP contribution is 2.35. The van der Waals surface area contributed by atoms with Gasteiger partial charge in [-0.3, -0.25) is 0 Å². The summed E-state index contributed by atoms with van der Waals surface area (Å²) < 4.78 is 0. The van der Waals surface area contributed by atoms with Crippen LogP contribution in [0, 0.1) is 17.3 Å². The van der Waals surface area contributed by atoms with Gasteiger partial charge in [-0.05, 0) is 56.7 Å². The van der Waals surface area contributed by atoms with Gasteiger partial charge in [0.2, 0.25) is 0 Å². The fourth-order valence-electron chi connectivity index (χ4n) is 2.73. The molecule has 0 saturated carbocycles. The number of nitrogens with two attached hydrogens (primary N) is 1. The molecule has 1 aliphatic rings. The average Bonchev–Trinajstić information content (AvgIpc) is 2.26. The summed E-state index contributed by atoms with van der Waals surface area (Å²) in [5, 5.41) is 0. The Bertz CT molecular complexity index is 199. The van der Waals surface area contributed by atoms with Crippen molar-refractivity contribution in [1.29, 1.82) is 0 Å². The number of rotatable bonds is 3. The van der Waals surface area contributed by atoms with Gasteiger partial charge in [-0.2, -0.15) is 0 Å². The number of likely N-dealkylation sites (tertiary alicyclic amines) is 1. The largest absolute Gasteiger partial charge is 0.330 e. The molecular weight excluding hydrogens is 196 g/mol. The molecule has 1 heterocycles. The Morgan fingerprint density at radius 1 is 1.19 bits per heavy atom. The molecule has 0 radical (unpaired) electrons. The summed E-state index contributed by atoms with van der Waals surface area (Å²) >= 11 is 0. The van der Waals surface area contributed by atoms with E-state index in [1.165, 1.54) is 25.9 Å². The van der Waals surface area contributed by atoms with Crippen LogP contribution in [0.1, 0.15) is 47.5 Å². The maximum atomic E-state index is 5.75. The van der Waals surface area contributed by atoms with Gasteiger partial charge in [0.1, 0.15) is 0 Å². The van der Waals surface area contributed by atoms with E-state index in [4.69, 9.17) is 5.73 Å². The topological polar surface area (TPSA) is 29.3 Å². The van der Waals surface area contributed by atoms with Crippen LogP contribution < -0.4 is 5.73 Å². The molecule has 16 heavy (non-hydrogen) atoms. The normalized spacial score (nSPS) is 24.4. The molecule has 1 aliphatic heterocycles. The Balaban J connectivity index is 2.43. The lowest BCUT2D eigenvalue weighted by Crippen LogP contribution is -2.46. The lowest BCUT2D eigenvalue weighted by molar-refractivity contribution is 0.0712. The zero-order valence-electron chi connectivity index (χ0n) is 11.8. The number of hydrogen-bond donors (Lipinski definition) is 1. The smallest absolute Gasteiger partial charge is 0.0105 e. The Labute approximate surface area is 102 Å². The first-order chi connectivity index (χ1) is 7.36. The predicted octanol–water partition coefficient (Wildman–Crippen LogP) is 2.73. The van der Waals surface area contributed by atoms with E-state index in [-0.39, 0.29) is 0 Å². The molecule has 0 aromatic heterocycles. The fraction of sp³-hybridized carbons (Fsp3) is 1.00. The Morgan fingerprint density at radius 2 is 1.69 bits per heavy atom. The molecule has 2 nitrogen and oxygen atoms in total. The maximum Gasteiger partial charge on any atom is 0.0105 e. The van der Waals surface area contributed by atoms with Crippen molar-refractivity contribution >= 4 is 0 Å². The van der Waals surface area contributed by atoms with Crippen molar-refractivity contribution in [1.82, 2.24) is 4.90 Å². The standard InChI is InChI=1S/C14H30N2/c1-11(10-15)12(2)16-8-6-13(7-9-16)14(3,4)5/h11-13H,6-10,15H2,1-5H3. The van der Waals surface area contributed by atoms with E-state index in [1.807, 2.05) is 0 Å². The van der Waals surface area contributed by atoms with Gasteiger partial charge in [0.15, 0.2) is 0 Å². The second-order valence-electron chi connectivity index (χ2n) is 6.63. The molecule has 0 amide bonds. The van der Waals surface area contributed by atoms with Crippen LogP contribution in [0.5, 0.6) is 0 Å². The molecule has 2 N–H and O–H groups in total. The van der Waals surface area contributed by atoms with Crippen LogP contribution in [0.4, 0.5) is 0 Å². The van der Waals surface area contributed by atoms with E-state index < -0.39 is 0 Å². The molecule has 1 rings (SSSR count). The second-order valence-corrected chi connectivity index (χ2v) is 6.63. The zero-order valence-corrected chi connectivity index (χ0v) is 11.8. The molecule has 2 atom stereocenters. The summed E-state index contributed by atoms with van der Waals surface area (Å²) in [5.74, 6) is 1.51. The minimum absolute atomic E-state index is 0.481. The lowest BCUT2D eigenvalue weighted by Gasteiger charge is -2.42. The first-order valence-electron chi connectivity index (χ1n) is 6.80. The third-order valence-corrected chi connectivity index (χ3v) is 4.53. The van der Waals surface area contributed by atoms with Crippen LogP contribution in [0.2, 0.25) is 0 Å². The van der Waals surface area contributed by atoms with Crippen LogP contribution in [0.3, 0.4) is 0 Å². The Kier molecular flexibility index (Phi) is 4.81. The van der Waals surface area contributed by atoms with Crippen molar-refractivity contribution in [2.24, 2.45) is 23.0 Å². The van der Waals surface area contributed by atoms with Gasteiger partial charge in [0.25, 0.3) is 0 Å². The molecule has 2 unspecified atom stereocenters. The van der Waals surface area contributed by atoms with Crippen LogP contribution >= 0.6 is 0 Å². The molecular formula is C14H30N2. The van der Waals surface area contributed by atoms with E-state index in [1.54, 1.807) is 0 Å². The number of nitrogens with zero attached hydrogens (tertiary/aromatic N) is 1. The van der Waals surface area contributed by atoms with Crippen LogP contribution in [0.15, 0.2) is 0 Å². The van der Waals surface area contributed by atoms with Crippen molar-refractivity contribution in [2.75, 3.05) is 19.6 Å². The summed E-state index contributed by atoms with van der Waals surface area (Å²) in [6, 6.07) is 0.644.